The van der Waals surface area contributed by atoms with Crippen LogP contribution < -0.4 is 11.1 Å². The molecule has 0 aromatic heterocycles. The number of carbonyl (C=O) groups excluding carboxylic acids is 2. The third-order valence-corrected chi connectivity index (χ3v) is 1.38. The van der Waals surface area contributed by atoms with Crippen LogP contribution >= 0.6 is 0 Å². The quantitative estimate of drug-likeness (QED) is 0.399. The zero-order chi connectivity index (χ0) is 10.3. The first-order valence-corrected chi connectivity index (χ1v) is 3.91. The highest BCUT2D eigenvalue weighted by Crippen LogP contribution is 1.81. The van der Waals surface area contributed by atoms with Crippen LogP contribution in [0.4, 0.5) is 0 Å². The van der Waals surface area contributed by atoms with E-state index >= 15 is 0 Å². The summed E-state index contributed by atoms with van der Waals surface area (Å²) in [4.78, 5) is 22.9. The molecule has 5 nitrogen and oxygen atoms in total. The van der Waals surface area contributed by atoms with Gasteiger partial charge in [0.2, 0.25) is 11.8 Å². The van der Waals surface area contributed by atoms with Gasteiger partial charge in [-0.2, -0.15) is 0 Å². The molecule has 0 bridgehead atoms. The second-order valence-corrected chi connectivity index (χ2v) is 2.64. The number of nitrogens with zero attached hydrogens (tertiary/aromatic N) is 1. The van der Waals surface area contributed by atoms with Crippen LogP contribution in [0.1, 0.15) is 0 Å². The summed E-state index contributed by atoms with van der Waals surface area (Å²) in [5.41, 5.74) is 4.92. The minimum atomic E-state index is -0.514. The van der Waals surface area contributed by atoms with Gasteiger partial charge in [-0.1, -0.05) is 6.08 Å². The molecule has 0 rings (SSSR count). The van der Waals surface area contributed by atoms with Gasteiger partial charge in [0.25, 0.3) is 0 Å². The van der Waals surface area contributed by atoms with Gasteiger partial charge in [0.15, 0.2) is 0 Å². The van der Waals surface area contributed by atoms with Gasteiger partial charge in [-0.15, -0.1) is 6.58 Å². The van der Waals surface area contributed by atoms with Gasteiger partial charge in [0, 0.05) is 13.6 Å². The minimum absolute atomic E-state index is 0.0470. The van der Waals surface area contributed by atoms with Crippen LogP contribution in [0, 0.1) is 0 Å². The smallest absolute Gasteiger partial charge is 0.237 e. The van der Waals surface area contributed by atoms with Crippen LogP contribution in [-0.4, -0.2) is 43.4 Å². The Bertz CT molecular complexity index is 204. The van der Waals surface area contributed by atoms with Crippen molar-refractivity contribution in [1.82, 2.24) is 10.2 Å². The van der Waals surface area contributed by atoms with E-state index in [1.807, 2.05) is 0 Å². The zero-order valence-electron chi connectivity index (χ0n) is 7.75. The molecule has 13 heavy (non-hydrogen) atoms. The van der Waals surface area contributed by atoms with Gasteiger partial charge >= 0.3 is 0 Å². The molecule has 5 heteroatoms. The molecule has 0 unspecified atom stereocenters. The second-order valence-electron chi connectivity index (χ2n) is 2.64. The van der Waals surface area contributed by atoms with E-state index < -0.39 is 5.91 Å². The number of nitrogens with two attached hydrogens (primary N) is 1. The Morgan fingerprint density at radius 2 is 2.23 bits per heavy atom. The molecule has 0 spiro atoms. The Balaban J connectivity index is 3.69. The van der Waals surface area contributed by atoms with Crippen LogP contribution in [0.3, 0.4) is 0 Å². The molecule has 0 aliphatic heterocycles. The van der Waals surface area contributed by atoms with Gasteiger partial charge in [0.05, 0.1) is 13.1 Å². The number of amides is 2. The molecule has 0 saturated heterocycles. The van der Waals surface area contributed by atoms with E-state index in [0.717, 1.165) is 0 Å². The van der Waals surface area contributed by atoms with Crippen LogP contribution in [-0.2, 0) is 9.59 Å². The lowest BCUT2D eigenvalue weighted by Crippen LogP contribution is -2.40. The van der Waals surface area contributed by atoms with E-state index in [0.29, 0.717) is 6.54 Å². The molecule has 0 aromatic rings. The number of hydrogen-bond donors (Lipinski definition) is 2. The molecule has 0 saturated carbocycles. The molecular weight excluding hydrogens is 170 g/mol. The summed E-state index contributed by atoms with van der Waals surface area (Å²) in [6, 6.07) is 0. The van der Waals surface area contributed by atoms with E-state index in [2.05, 4.69) is 11.9 Å². The molecule has 3 N–H and O–H groups in total. The number of likely N-dealkylation sites (N-methyl/N-ethyl adjacent to an activating group) is 1. The Hall–Kier alpha value is -1.36. The normalized spacial score (nSPS) is 9.31. The van der Waals surface area contributed by atoms with E-state index in [1.165, 1.54) is 11.9 Å². The van der Waals surface area contributed by atoms with Gasteiger partial charge in [-0.25, -0.2) is 0 Å². The fraction of sp³-hybridized carbons (Fsp3) is 0.500. The van der Waals surface area contributed by atoms with Crippen molar-refractivity contribution < 1.29 is 9.59 Å². The highest BCUT2D eigenvalue weighted by Gasteiger charge is 2.09. The Kier molecular flexibility index (Phi) is 5.54. The zero-order valence-corrected chi connectivity index (χ0v) is 7.75. The van der Waals surface area contributed by atoms with Gasteiger partial charge in [-0.05, 0) is 0 Å². The van der Waals surface area contributed by atoms with Gasteiger partial charge in [0.1, 0.15) is 0 Å². The van der Waals surface area contributed by atoms with E-state index in [4.69, 9.17) is 5.73 Å². The summed E-state index contributed by atoms with van der Waals surface area (Å²) in [5, 5.41) is 2.83. The second kappa shape index (κ2) is 6.19. The van der Waals surface area contributed by atoms with Crippen molar-refractivity contribution in [3.8, 4) is 0 Å². The van der Waals surface area contributed by atoms with Crippen LogP contribution in [0.15, 0.2) is 12.7 Å². The molecule has 0 atom stereocenters. The summed E-state index contributed by atoms with van der Waals surface area (Å²) in [7, 11) is 1.53. The number of rotatable bonds is 6. The SMILES string of the molecule is C=CCNCC(=O)N(C)CC(N)=O. The maximum Gasteiger partial charge on any atom is 0.237 e. The van der Waals surface area contributed by atoms with Crippen LogP contribution in [0.5, 0.6) is 0 Å². The topological polar surface area (TPSA) is 75.4 Å². The Morgan fingerprint density at radius 3 is 2.69 bits per heavy atom. The minimum Gasteiger partial charge on any atom is -0.368 e. The molecule has 0 aliphatic carbocycles. The molecule has 0 aromatic carbocycles. The van der Waals surface area contributed by atoms with Crippen molar-refractivity contribution in [2.24, 2.45) is 5.73 Å². The molecule has 0 aliphatic rings. The largest absolute Gasteiger partial charge is 0.368 e. The lowest BCUT2D eigenvalue weighted by atomic mass is 10.4. The maximum atomic E-state index is 11.2. The third-order valence-electron chi connectivity index (χ3n) is 1.38. The van der Waals surface area contributed by atoms with Gasteiger partial charge in [-0.3, -0.25) is 9.59 Å². The van der Waals surface area contributed by atoms with E-state index in [-0.39, 0.29) is 19.0 Å². The average Bonchev–Trinajstić information content (AvgIpc) is 2.03. The number of hydrogen-bond acceptors (Lipinski definition) is 3. The highest BCUT2D eigenvalue weighted by atomic mass is 16.2. The lowest BCUT2D eigenvalue weighted by Gasteiger charge is -2.14. The number of primary amides is 1. The van der Waals surface area contributed by atoms with E-state index in [9.17, 15) is 9.59 Å². The maximum absolute atomic E-state index is 11.2. The molecule has 0 fully saturated rings. The molecule has 74 valence electrons. The summed E-state index contributed by atoms with van der Waals surface area (Å²) in [5.74, 6) is -0.680. The predicted molar refractivity (Wildman–Crippen MR) is 49.9 cm³/mol. The molecular formula is C8H15N3O2. The van der Waals surface area contributed by atoms with Crippen molar-refractivity contribution >= 4 is 11.8 Å². The molecule has 0 radical (unpaired) electrons. The summed E-state index contributed by atoms with van der Waals surface area (Å²) >= 11 is 0. The lowest BCUT2D eigenvalue weighted by molar-refractivity contribution is -0.133. The van der Waals surface area contributed by atoms with Crippen molar-refractivity contribution in [1.29, 1.82) is 0 Å². The standard InChI is InChI=1S/C8H15N3O2/c1-3-4-10-5-8(13)11(2)6-7(9)12/h3,10H,1,4-6H2,2H3,(H2,9,12). The Labute approximate surface area is 77.6 Å². The summed E-state index contributed by atoms with van der Waals surface area (Å²) in [6.45, 7) is 4.20. The number of carbonyl (C=O) groups is 2. The molecule has 0 heterocycles. The van der Waals surface area contributed by atoms with Crippen molar-refractivity contribution in [3.05, 3.63) is 12.7 Å². The average molecular weight is 185 g/mol. The van der Waals surface area contributed by atoms with Crippen molar-refractivity contribution in [3.63, 3.8) is 0 Å². The first kappa shape index (κ1) is 11.6. The fourth-order valence-electron chi connectivity index (χ4n) is 0.738. The highest BCUT2D eigenvalue weighted by molar-refractivity contribution is 5.84. The third kappa shape index (κ3) is 5.86. The summed E-state index contributed by atoms with van der Waals surface area (Å²) in [6.07, 6.45) is 1.65. The van der Waals surface area contributed by atoms with Gasteiger partial charge < -0.3 is 16.0 Å². The monoisotopic (exact) mass is 185 g/mol. The van der Waals surface area contributed by atoms with Crippen molar-refractivity contribution in [2.75, 3.05) is 26.7 Å². The number of nitrogens with one attached hydrogen (secondary N) is 1. The predicted octanol–water partition coefficient (Wildman–Crippen LogP) is -1.29. The van der Waals surface area contributed by atoms with Crippen molar-refractivity contribution in [2.45, 2.75) is 0 Å². The van der Waals surface area contributed by atoms with E-state index in [1.54, 1.807) is 6.08 Å². The van der Waals surface area contributed by atoms with Crippen LogP contribution in [0.25, 0.3) is 0 Å². The summed E-state index contributed by atoms with van der Waals surface area (Å²) < 4.78 is 0. The first-order valence-electron chi connectivity index (χ1n) is 3.91. The van der Waals surface area contributed by atoms with Crippen LogP contribution in [0.2, 0.25) is 0 Å². The molecule has 2 amide bonds. The Morgan fingerprint density at radius 1 is 1.62 bits per heavy atom. The first-order chi connectivity index (χ1) is 6.07. The fourth-order valence-corrected chi connectivity index (χ4v) is 0.738.